The van der Waals surface area contributed by atoms with Crippen LogP contribution in [0.3, 0.4) is 0 Å². The fraction of sp³-hybridized carbons (Fsp3) is 0.0238. The Morgan fingerprint density at radius 1 is 0.477 bits per heavy atom. The number of aromatic nitrogens is 2. The van der Waals surface area contributed by atoms with Crippen LogP contribution in [-0.2, 0) is 0 Å². The van der Waals surface area contributed by atoms with Crippen molar-refractivity contribution in [1.29, 1.82) is 0 Å². The molecule has 0 aliphatic carbocycles. The van der Waals surface area contributed by atoms with Crippen molar-refractivity contribution in [3.63, 3.8) is 0 Å². The molecule has 5 aromatic carbocycles. The summed E-state index contributed by atoms with van der Waals surface area (Å²) < 4.78 is 2.41. The largest absolute Gasteiger partial charge is 0.255 e. The second-order valence-corrected chi connectivity index (χ2v) is 11.3. The van der Waals surface area contributed by atoms with Gasteiger partial charge in [0.1, 0.15) is 11.0 Å². The van der Waals surface area contributed by atoms with Gasteiger partial charge in [0, 0.05) is 17.8 Å². The van der Waals surface area contributed by atoms with Crippen LogP contribution in [0.1, 0.15) is 5.56 Å². The van der Waals surface area contributed by atoms with Gasteiger partial charge in [0.25, 0.3) is 0 Å². The fourth-order valence-electron chi connectivity index (χ4n) is 6.40. The SMILES string of the molecule is C[c-]1c2ccccc2[n+]2c(-c3cccnc3-c3ccc(-c4ccccc4)cc3)cc(-c3ccc(-c4ccccc4)cc3)cc12. The Kier molecular flexibility index (Phi) is 6.39. The van der Waals surface area contributed by atoms with Gasteiger partial charge in [0.15, 0.2) is 0 Å². The summed E-state index contributed by atoms with van der Waals surface area (Å²) in [4.78, 5) is 4.96. The van der Waals surface area contributed by atoms with Crippen LogP contribution in [0.15, 0.2) is 164 Å². The predicted molar refractivity (Wildman–Crippen MR) is 182 cm³/mol. The van der Waals surface area contributed by atoms with Crippen LogP contribution < -0.4 is 4.40 Å². The van der Waals surface area contributed by atoms with Gasteiger partial charge in [-0.25, -0.2) is 4.40 Å². The smallest absolute Gasteiger partial charge is 0.210 e. The van der Waals surface area contributed by atoms with Crippen LogP contribution in [0.25, 0.3) is 72.3 Å². The number of hydrogen-bond donors (Lipinski definition) is 0. The second-order valence-electron chi connectivity index (χ2n) is 11.3. The normalized spacial score (nSPS) is 11.3. The number of nitrogens with zero attached hydrogens (tertiary/aromatic N) is 2. The molecule has 2 heteroatoms. The van der Waals surface area contributed by atoms with E-state index in [4.69, 9.17) is 4.98 Å². The van der Waals surface area contributed by atoms with Crippen molar-refractivity contribution < 1.29 is 4.40 Å². The van der Waals surface area contributed by atoms with Crippen LogP contribution >= 0.6 is 0 Å². The summed E-state index contributed by atoms with van der Waals surface area (Å²) in [5.74, 6) is 0. The van der Waals surface area contributed by atoms with Crippen LogP contribution in [0, 0.1) is 6.92 Å². The first kappa shape index (κ1) is 25.9. The third kappa shape index (κ3) is 4.49. The summed E-state index contributed by atoms with van der Waals surface area (Å²) in [7, 11) is 0. The number of aryl methyl sites for hydroxylation is 1. The lowest BCUT2D eigenvalue weighted by Gasteiger charge is -2.12. The Morgan fingerprint density at radius 3 is 1.64 bits per heavy atom. The summed E-state index contributed by atoms with van der Waals surface area (Å²) in [5, 5.41) is 1.27. The number of para-hydroxylation sites is 1. The van der Waals surface area contributed by atoms with E-state index in [2.05, 4.69) is 163 Å². The molecule has 0 aliphatic rings. The maximum Gasteiger partial charge on any atom is 0.210 e. The van der Waals surface area contributed by atoms with E-state index in [1.54, 1.807) is 0 Å². The van der Waals surface area contributed by atoms with Crippen LogP contribution in [0.5, 0.6) is 0 Å². The number of rotatable bonds is 5. The minimum atomic E-state index is 0.973. The molecule has 0 atom stereocenters. The van der Waals surface area contributed by atoms with E-state index in [0.717, 1.165) is 22.5 Å². The maximum absolute atomic E-state index is 4.96. The predicted octanol–water partition coefficient (Wildman–Crippen LogP) is 10.3. The summed E-state index contributed by atoms with van der Waals surface area (Å²) >= 11 is 0. The molecule has 0 unspecified atom stereocenters. The first-order valence-corrected chi connectivity index (χ1v) is 15.1. The monoisotopic (exact) mass is 562 g/mol. The standard InChI is InChI=1S/C42H30N2/c1-29-37-15-8-9-17-39(37)44-40(29)27-36(34-20-18-32(19-21-34)30-11-4-2-5-12-30)28-41(44)38-16-10-26-43-42(38)35-24-22-33(23-25-35)31-13-6-3-7-14-31/h2-28H,1H3. The van der Waals surface area contributed by atoms with Gasteiger partial charge >= 0.3 is 0 Å². The number of hydrogen-bond acceptors (Lipinski definition) is 1. The summed E-state index contributed by atoms with van der Waals surface area (Å²) in [6.07, 6.45) is 1.90. The molecule has 0 bridgehead atoms. The van der Waals surface area contributed by atoms with E-state index < -0.39 is 0 Å². The van der Waals surface area contributed by atoms with Crippen LogP contribution in [0.2, 0.25) is 0 Å². The van der Waals surface area contributed by atoms with E-state index >= 15 is 0 Å². The van der Waals surface area contributed by atoms with Crippen LogP contribution in [-0.4, -0.2) is 4.98 Å². The molecule has 0 saturated heterocycles. The first-order chi connectivity index (χ1) is 21.7. The molecule has 0 amide bonds. The molecular weight excluding hydrogens is 532 g/mol. The topological polar surface area (TPSA) is 17.0 Å². The Hall–Kier alpha value is -5.73. The molecule has 0 aliphatic heterocycles. The van der Waals surface area contributed by atoms with E-state index in [9.17, 15) is 0 Å². The van der Waals surface area contributed by atoms with Gasteiger partial charge in [0.05, 0.1) is 11.3 Å². The van der Waals surface area contributed by atoms with Gasteiger partial charge in [-0.15, -0.1) is 12.1 Å². The molecule has 0 spiro atoms. The van der Waals surface area contributed by atoms with Crippen molar-refractivity contribution in [2.24, 2.45) is 0 Å². The van der Waals surface area contributed by atoms with E-state index in [1.807, 2.05) is 12.3 Å². The quantitative estimate of drug-likeness (QED) is 0.151. The van der Waals surface area contributed by atoms with Gasteiger partial charge in [0.2, 0.25) is 5.69 Å². The van der Waals surface area contributed by atoms with Gasteiger partial charge in [-0.05, 0) is 51.6 Å². The zero-order valence-electron chi connectivity index (χ0n) is 24.5. The molecule has 208 valence electrons. The lowest BCUT2D eigenvalue weighted by atomic mass is 9.96. The highest BCUT2D eigenvalue weighted by Gasteiger charge is 2.22. The van der Waals surface area contributed by atoms with Gasteiger partial charge in [-0.3, -0.25) is 4.98 Å². The Bertz CT molecular complexity index is 2240. The molecule has 0 saturated carbocycles. The highest BCUT2D eigenvalue weighted by molar-refractivity contribution is 5.90. The lowest BCUT2D eigenvalue weighted by molar-refractivity contribution is -0.466. The molecule has 0 N–H and O–H groups in total. The molecule has 3 aromatic heterocycles. The summed E-state index contributed by atoms with van der Waals surface area (Å²) in [6, 6.07) is 56.4. The van der Waals surface area contributed by atoms with Gasteiger partial charge < -0.3 is 0 Å². The second kappa shape index (κ2) is 10.8. The zero-order chi connectivity index (χ0) is 29.5. The van der Waals surface area contributed by atoms with Crippen molar-refractivity contribution in [2.75, 3.05) is 0 Å². The van der Waals surface area contributed by atoms with Crippen molar-refractivity contribution >= 4 is 16.4 Å². The minimum Gasteiger partial charge on any atom is -0.255 e. The van der Waals surface area contributed by atoms with Crippen LogP contribution in [0.4, 0.5) is 0 Å². The van der Waals surface area contributed by atoms with Gasteiger partial charge in [-0.2, -0.15) is 0 Å². The summed E-state index contributed by atoms with van der Waals surface area (Å²) in [6.45, 7) is 2.23. The highest BCUT2D eigenvalue weighted by atomic mass is 14.9. The molecular formula is C42H30N2. The summed E-state index contributed by atoms with van der Waals surface area (Å²) in [5.41, 5.74) is 15.2. The average Bonchev–Trinajstić information content (AvgIpc) is 3.40. The number of benzene rings is 5. The Balaban J connectivity index is 1.32. The fourth-order valence-corrected chi connectivity index (χ4v) is 6.40. The molecule has 2 nitrogen and oxygen atoms in total. The number of pyridine rings is 2. The van der Waals surface area contributed by atoms with Gasteiger partial charge in [-0.1, -0.05) is 139 Å². The molecule has 44 heavy (non-hydrogen) atoms. The zero-order valence-corrected chi connectivity index (χ0v) is 24.5. The van der Waals surface area contributed by atoms with Crippen molar-refractivity contribution in [2.45, 2.75) is 6.92 Å². The maximum atomic E-state index is 4.96. The molecule has 0 radical (unpaired) electrons. The third-order valence-corrected chi connectivity index (χ3v) is 8.67. The van der Waals surface area contributed by atoms with Crippen molar-refractivity contribution in [3.05, 3.63) is 169 Å². The van der Waals surface area contributed by atoms with Crippen molar-refractivity contribution in [3.8, 4) is 55.9 Å². The molecule has 8 aromatic rings. The minimum absolute atomic E-state index is 0.973. The van der Waals surface area contributed by atoms with E-state index in [-0.39, 0.29) is 0 Å². The molecule has 8 rings (SSSR count). The van der Waals surface area contributed by atoms with Crippen molar-refractivity contribution in [1.82, 2.24) is 4.98 Å². The Morgan fingerprint density at radius 2 is 1.00 bits per heavy atom. The highest BCUT2D eigenvalue weighted by Crippen LogP contribution is 2.35. The number of fused-ring (bicyclic) bond motifs is 3. The molecule has 0 fully saturated rings. The van der Waals surface area contributed by atoms with E-state index in [1.165, 1.54) is 55.4 Å². The first-order valence-electron chi connectivity index (χ1n) is 15.1. The average molecular weight is 563 g/mol. The Labute approximate surface area is 257 Å². The van der Waals surface area contributed by atoms with E-state index in [0.29, 0.717) is 0 Å². The molecule has 3 heterocycles. The third-order valence-electron chi connectivity index (χ3n) is 8.67. The lowest BCUT2D eigenvalue weighted by Crippen LogP contribution is -2.24.